The van der Waals surface area contributed by atoms with Crippen LogP contribution in [0.25, 0.3) is 0 Å². The summed E-state index contributed by atoms with van der Waals surface area (Å²) >= 11 is 0. The second-order valence-electron chi connectivity index (χ2n) is 3.80. The van der Waals surface area contributed by atoms with Crippen molar-refractivity contribution in [2.75, 3.05) is 0 Å². The quantitative estimate of drug-likeness (QED) is 0.845. The molecule has 0 bridgehead atoms. The SMILES string of the molecule is Cn1nccc1CNCc1cccc(F)c1O. The smallest absolute Gasteiger partial charge is 0.165 e. The van der Waals surface area contributed by atoms with Crippen LogP contribution in [0.1, 0.15) is 11.3 Å². The van der Waals surface area contributed by atoms with Crippen molar-refractivity contribution in [2.45, 2.75) is 13.1 Å². The first-order valence-electron chi connectivity index (χ1n) is 5.32. The number of aromatic nitrogens is 2. The van der Waals surface area contributed by atoms with Crippen molar-refractivity contribution in [3.8, 4) is 5.75 Å². The molecule has 0 fully saturated rings. The summed E-state index contributed by atoms with van der Waals surface area (Å²) in [5.74, 6) is -0.880. The van der Waals surface area contributed by atoms with E-state index in [1.807, 2.05) is 13.1 Å². The van der Waals surface area contributed by atoms with Crippen LogP contribution in [0.5, 0.6) is 5.75 Å². The van der Waals surface area contributed by atoms with Crippen LogP contribution >= 0.6 is 0 Å². The van der Waals surface area contributed by atoms with Crippen LogP contribution in [0.15, 0.2) is 30.5 Å². The molecule has 1 aromatic carbocycles. The highest BCUT2D eigenvalue weighted by Crippen LogP contribution is 2.20. The number of hydrogen-bond acceptors (Lipinski definition) is 3. The lowest BCUT2D eigenvalue weighted by Crippen LogP contribution is -2.15. The van der Waals surface area contributed by atoms with Crippen molar-refractivity contribution in [3.05, 3.63) is 47.5 Å². The maximum atomic E-state index is 13.1. The largest absolute Gasteiger partial charge is 0.505 e. The van der Waals surface area contributed by atoms with E-state index < -0.39 is 5.82 Å². The number of rotatable bonds is 4. The molecule has 0 aliphatic heterocycles. The van der Waals surface area contributed by atoms with Gasteiger partial charge in [-0.15, -0.1) is 0 Å². The second-order valence-corrected chi connectivity index (χ2v) is 3.80. The molecule has 4 nitrogen and oxygen atoms in total. The van der Waals surface area contributed by atoms with Crippen LogP contribution in [0.4, 0.5) is 4.39 Å². The van der Waals surface area contributed by atoms with Gasteiger partial charge in [0.05, 0.1) is 5.69 Å². The monoisotopic (exact) mass is 235 g/mol. The Balaban J connectivity index is 1.95. The van der Waals surface area contributed by atoms with Gasteiger partial charge in [0.15, 0.2) is 11.6 Å². The molecular weight excluding hydrogens is 221 g/mol. The van der Waals surface area contributed by atoms with Gasteiger partial charge in [-0.1, -0.05) is 12.1 Å². The molecule has 1 heterocycles. The number of nitrogens with one attached hydrogen (secondary N) is 1. The first kappa shape index (κ1) is 11.6. The lowest BCUT2D eigenvalue weighted by Gasteiger charge is -2.07. The molecule has 90 valence electrons. The number of phenols is 1. The van der Waals surface area contributed by atoms with Crippen LogP contribution in [0.2, 0.25) is 0 Å². The van der Waals surface area contributed by atoms with Gasteiger partial charge in [-0.05, 0) is 12.1 Å². The molecule has 0 atom stereocenters. The molecular formula is C12H14FN3O. The first-order chi connectivity index (χ1) is 8.18. The van der Waals surface area contributed by atoms with Gasteiger partial charge in [-0.2, -0.15) is 5.10 Å². The lowest BCUT2D eigenvalue weighted by atomic mass is 10.2. The van der Waals surface area contributed by atoms with Crippen LogP contribution in [0, 0.1) is 5.82 Å². The fraction of sp³-hybridized carbons (Fsp3) is 0.250. The molecule has 0 radical (unpaired) electrons. The zero-order valence-electron chi connectivity index (χ0n) is 9.52. The molecule has 1 aromatic heterocycles. The van der Waals surface area contributed by atoms with Crippen molar-refractivity contribution in [2.24, 2.45) is 7.05 Å². The average molecular weight is 235 g/mol. The van der Waals surface area contributed by atoms with Crippen molar-refractivity contribution in [1.29, 1.82) is 0 Å². The minimum absolute atomic E-state index is 0.287. The van der Waals surface area contributed by atoms with Gasteiger partial charge in [0.25, 0.3) is 0 Å². The molecule has 2 rings (SSSR count). The molecule has 0 aliphatic carbocycles. The molecule has 0 saturated carbocycles. The zero-order valence-corrected chi connectivity index (χ0v) is 9.52. The maximum Gasteiger partial charge on any atom is 0.165 e. The lowest BCUT2D eigenvalue weighted by molar-refractivity contribution is 0.423. The third-order valence-electron chi connectivity index (χ3n) is 2.61. The average Bonchev–Trinajstić information content (AvgIpc) is 2.71. The summed E-state index contributed by atoms with van der Waals surface area (Å²) in [6.45, 7) is 1.03. The van der Waals surface area contributed by atoms with E-state index >= 15 is 0 Å². The third-order valence-corrected chi connectivity index (χ3v) is 2.61. The highest BCUT2D eigenvalue weighted by molar-refractivity contribution is 5.33. The van der Waals surface area contributed by atoms with E-state index in [2.05, 4.69) is 10.4 Å². The van der Waals surface area contributed by atoms with E-state index in [9.17, 15) is 9.50 Å². The van der Waals surface area contributed by atoms with E-state index in [-0.39, 0.29) is 5.75 Å². The Morgan fingerprint density at radius 1 is 1.35 bits per heavy atom. The summed E-state index contributed by atoms with van der Waals surface area (Å²) < 4.78 is 14.8. The normalized spacial score (nSPS) is 10.7. The Morgan fingerprint density at radius 2 is 2.18 bits per heavy atom. The Morgan fingerprint density at radius 3 is 2.88 bits per heavy atom. The number of benzene rings is 1. The summed E-state index contributed by atoms with van der Waals surface area (Å²) in [5.41, 5.74) is 1.58. The number of phenolic OH excluding ortho intramolecular Hbond substituents is 1. The van der Waals surface area contributed by atoms with Gasteiger partial charge in [-0.3, -0.25) is 4.68 Å². The van der Waals surface area contributed by atoms with Crippen LogP contribution in [-0.2, 0) is 20.1 Å². The van der Waals surface area contributed by atoms with E-state index in [0.29, 0.717) is 18.7 Å². The van der Waals surface area contributed by atoms with E-state index in [0.717, 1.165) is 5.69 Å². The molecule has 0 aliphatic rings. The second kappa shape index (κ2) is 4.97. The number of aromatic hydroxyl groups is 1. The minimum Gasteiger partial charge on any atom is -0.505 e. The summed E-state index contributed by atoms with van der Waals surface area (Å²) in [7, 11) is 1.86. The Hall–Kier alpha value is -1.88. The van der Waals surface area contributed by atoms with Gasteiger partial charge >= 0.3 is 0 Å². The number of halogens is 1. The predicted molar refractivity (Wildman–Crippen MR) is 61.8 cm³/mol. The fourth-order valence-electron chi connectivity index (χ4n) is 1.60. The molecule has 0 saturated heterocycles. The van der Waals surface area contributed by atoms with Crippen molar-refractivity contribution in [1.82, 2.24) is 15.1 Å². The highest BCUT2D eigenvalue weighted by Gasteiger charge is 2.06. The highest BCUT2D eigenvalue weighted by atomic mass is 19.1. The molecule has 0 amide bonds. The van der Waals surface area contributed by atoms with Gasteiger partial charge < -0.3 is 10.4 Å². The molecule has 2 N–H and O–H groups in total. The standard InChI is InChI=1S/C12H14FN3O/c1-16-10(5-6-15-16)8-14-7-9-3-2-4-11(13)12(9)17/h2-6,14,17H,7-8H2,1H3. The first-order valence-corrected chi connectivity index (χ1v) is 5.32. The Bertz CT molecular complexity index is 510. The van der Waals surface area contributed by atoms with E-state index in [4.69, 9.17) is 0 Å². The minimum atomic E-state index is -0.593. The van der Waals surface area contributed by atoms with Gasteiger partial charge in [-0.25, -0.2) is 4.39 Å². The number of hydrogen-bond donors (Lipinski definition) is 2. The zero-order chi connectivity index (χ0) is 12.3. The molecule has 5 heteroatoms. The van der Waals surface area contributed by atoms with E-state index in [1.165, 1.54) is 6.07 Å². The van der Waals surface area contributed by atoms with Crippen molar-refractivity contribution in [3.63, 3.8) is 0 Å². The number of para-hydroxylation sites is 1. The topological polar surface area (TPSA) is 50.1 Å². The third kappa shape index (κ3) is 2.62. The van der Waals surface area contributed by atoms with Gasteiger partial charge in [0.1, 0.15) is 0 Å². The van der Waals surface area contributed by atoms with Crippen LogP contribution < -0.4 is 5.32 Å². The Labute approximate surface area is 98.7 Å². The number of aryl methyl sites for hydroxylation is 1. The van der Waals surface area contributed by atoms with Crippen LogP contribution in [-0.4, -0.2) is 14.9 Å². The van der Waals surface area contributed by atoms with Crippen LogP contribution in [0.3, 0.4) is 0 Å². The van der Waals surface area contributed by atoms with Crippen molar-refractivity contribution < 1.29 is 9.50 Å². The van der Waals surface area contributed by atoms with Gasteiger partial charge in [0.2, 0.25) is 0 Å². The molecule has 0 unspecified atom stereocenters. The maximum absolute atomic E-state index is 13.1. The Kier molecular flexibility index (Phi) is 3.39. The van der Waals surface area contributed by atoms with E-state index in [1.54, 1.807) is 23.0 Å². The summed E-state index contributed by atoms with van der Waals surface area (Å²) in [5, 5.41) is 16.6. The van der Waals surface area contributed by atoms with Crippen molar-refractivity contribution >= 4 is 0 Å². The summed E-state index contributed by atoms with van der Waals surface area (Å²) in [6.07, 6.45) is 1.72. The summed E-state index contributed by atoms with van der Waals surface area (Å²) in [4.78, 5) is 0. The number of nitrogens with zero attached hydrogens (tertiary/aromatic N) is 2. The molecule has 2 aromatic rings. The molecule has 0 spiro atoms. The van der Waals surface area contributed by atoms with Gasteiger partial charge in [0, 0.05) is 31.9 Å². The fourth-order valence-corrected chi connectivity index (χ4v) is 1.60. The molecule has 17 heavy (non-hydrogen) atoms. The predicted octanol–water partition coefficient (Wildman–Crippen LogP) is 1.55. The summed E-state index contributed by atoms with van der Waals surface area (Å²) in [6, 6.07) is 6.41.